The Bertz CT molecular complexity index is 778. The number of halogens is 6. The summed E-state index contributed by atoms with van der Waals surface area (Å²) in [6, 6.07) is 0.694. The summed E-state index contributed by atoms with van der Waals surface area (Å²) < 4.78 is 79.0. The second kappa shape index (κ2) is 5.72. The molecule has 0 aromatic heterocycles. The maximum absolute atomic E-state index is 13.3. The lowest BCUT2D eigenvalue weighted by Crippen LogP contribution is -2.45. The summed E-state index contributed by atoms with van der Waals surface area (Å²) in [7, 11) is 0. The number of hydrogen-bond donors (Lipinski definition) is 1. The van der Waals surface area contributed by atoms with Crippen molar-refractivity contribution in [2.45, 2.75) is 45.1 Å². The molecule has 1 aliphatic heterocycles. The van der Waals surface area contributed by atoms with Gasteiger partial charge in [-0.05, 0) is 30.0 Å². The summed E-state index contributed by atoms with van der Waals surface area (Å²) in [5, 5.41) is 3.84. The molecule has 2 atom stereocenters. The second-order valence-electron chi connectivity index (χ2n) is 7.48. The molecule has 1 aromatic carbocycles. The van der Waals surface area contributed by atoms with E-state index in [1.165, 1.54) is 0 Å². The minimum absolute atomic E-state index is 0.134. The number of hydrazone groups is 1. The summed E-state index contributed by atoms with van der Waals surface area (Å²) in [5.74, 6) is -1.30. The highest BCUT2D eigenvalue weighted by atomic mass is 19.4. The first-order valence-corrected chi connectivity index (χ1v) is 7.94. The number of nitrogens with one attached hydrogen (secondary N) is 1. The molecule has 1 N–H and O–H groups in total. The van der Waals surface area contributed by atoms with Gasteiger partial charge in [0, 0.05) is 12.0 Å². The van der Waals surface area contributed by atoms with Crippen molar-refractivity contribution >= 4 is 11.5 Å². The molecule has 3 nitrogen and oxygen atoms in total. The normalized spacial score (nSPS) is 25.5. The number of Topliss-reactive ketones (excluding diaryl/α,β-unsaturated/α-hetero) is 1. The maximum Gasteiger partial charge on any atom is 0.417 e. The third kappa shape index (κ3) is 3.31. The fourth-order valence-corrected chi connectivity index (χ4v) is 3.68. The lowest BCUT2D eigenvalue weighted by Gasteiger charge is -2.36. The molecule has 1 aromatic rings. The molecule has 26 heavy (non-hydrogen) atoms. The van der Waals surface area contributed by atoms with Crippen molar-refractivity contribution in [1.82, 2.24) is 5.43 Å². The molecule has 0 saturated heterocycles. The van der Waals surface area contributed by atoms with Crippen LogP contribution in [0.1, 0.15) is 43.4 Å². The molecule has 2 aliphatic rings. The van der Waals surface area contributed by atoms with Gasteiger partial charge >= 0.3 is 12.4 Å². The Balaban J connectivity index is 2.10. The largest absolute Gasteiger partial charge is 0.417 e. The summed E-state index contributed by atoms with van der Waals surface area (Å²) >= 11 is 0. The number of hydrogen-bond acceptors (Lipinski definition) is 3. The van der Waals surface area contributed by atoms with Crippen LogP contribution in [0.25, 0.3) is 0 Å². The van der Waals surface area contributed by atoms with Crippen LogP contribution in [0.5, 0.6) is 0 Å². The Kier molecular flexibility index (Phi) is 4.12. The molecule has 0 spiro atoms. The van der Waals surface area contributed by atoms with Crippen molar-refractivity contribution in [3.05, 3.63) is 34.9 Å². The first-order valence-electron chi connectivity index (χ1n) is 7.94. The van der Waals surface area contributed by atoms with E-state index < -0.39 is 41.0 Å². The maximum atomic E-state index is 13.3. The van der Waals surface area contributed by atoms with E-state index in [0.717, 1.165) is 0 Å². The van der Waals surface area contributed by atoms with Gasteiger partial charge in [-0.3, -0.25) is 4.79 Å². The van der Waals surface area contributed by atoms with E-state index in [4.69, 9.17) is 0 Å². The molecule has 0 amide bonds. The Morgan fingerprint density at radius 3 is 2.35 bits per heavy atom. The number of carbonyl (C=O) groups is 1. The van der Waals surface area contributed by atoms with Gasteiger partial charge in [-0.2, -0.15) is 31.4 Å². The number of nitrogens with zero attached hydrogens (tertiary/aromatic N) is 1. The number of alkyl halides is 6. The van der Waals surface area contributed by atoms with Gasteiger partial charge in [-0.1, -0.05) is 13.8 Å². The van der Waals surface area contributed by atoms with Crippen LogP contribution in [0.4, 0.5) is 26.3 Å². The van der Waals surface area contributed by atoms with E-state index in [1.807, 2.05) is 13.8 Å². The van der Waals surface area contributed by atoms with E-state index in [0.29, 0.717) is 24.6 Å². The van der Waals surface area contributed by atoms with Crippen LogP contribution in [0, 0.1) is 11.3 Å². The Morgan fingerprint density at radius 1 is 1.12 bits per heavy atom. The van der Waals surface area contributed by atoms with Gasteiger partial charge in [-0.25, -0.2) is 0 Å². The molecular formula is C17H16F6N2O. The molecule has 1 aliphatic carbocycles. The van der Waals surface area contributed by atoms with Crippen LogP contribution < -0.4 is 5.43 Å². The lowest BCUT2D eigenvalue weighted by atomic mass is 9.68. The first-order chi connectivity index (χ1) is 11.8. The van der Waals surface area contributed by atoms with Crippen molar-refractivity contribution < 1.29 is 31.1 Å². The molecule has 9 heteroatoms. The van der Waals surface area contributed by atoms with Gasteiger partial charge in [0.05, 0.1) is 28.8 Å². The number of benzene rings is 1. The van der Waals surface area contributed by atoms with E-state index in [-0.39, 0.29) is 23.3 Å². The molecular weight excluding hydrogens is 362 g/mol. The molecule has 1 fully saturated rings. The van der Waals surface area contributed by atoms with Gasteiger partial charge in [0.25, 0.3) is 0 Å². The molecule has 142 valence electrons. The minimum Gasteiger partial charge on any atom is -0.306 e. The third-order valence-corrected chi connectivity index (χ3v) is 4.75. The van der Waals surface area contributed by atoms with Crippen LogP contribution in [-0.4, -0.2) is 17.5 Å². The van der Waals surface area contributed by atoms with Crippen molar-refractivity contribution in [1.29, 1.82) is 0 Å². The summed E-state index contributed by atoms with van der Waals surface area (Å²) in [6.07, 6.45) is -9.05. The summed E-state index contributed by atoms with van der Waals surface area (Å²) in [4.78, 5) is 12.5. The average molecular weight is 378 g/mol. The summed E-state index contributed by atoms with van der Waals surface area (Å²) in [6.45, 7) is 3.71. The highest BCUT2D eigenvalue weighted by Gasteiger charge is 2.48. The van der Waals surface area contributed by atoms with Crippen molar-refractivity contribution in [3.8, 4) is 0 Å². The van der Waals surface area contributed by atoms with Crippen molar-refractivity contribution in [2.24, 2.45) is 16.4 Å². The van der Waals surface area contributed by atoms with E-state index in [1.54, 1.807) is 0 Å². The second-order valence-corrected chi connectivity index (χ2v) is 7.48. The SMILES string of the molecule is CC1(C)CC(=O)[C@H]2C(c3cc(C(F)(F)F)ccc3C(F)(F)F)=NN[C@H]2C1. The van der Waals surface area contributed by atoms with Gasteiger partial charge in [-0.15, -0.1) is 0 Å². The molecule has 3 rings (SSSR count). The molecule has 0 radical (unpaired) electrons. The van der Waals surface area contributed by atoms with Crippen LogP contribution in [0.3, 0.4) is 0 Å². The Hall–Kier alpha value is -2.06. The topological polar surface area (TPSA) is 41.5 Å². The average Bonchev–Trinajstić information content (AvgIpc) is 2.87. The van der Waals surface area contributed by atoms with Crippen molar-refractivity contribution in [2.75, 3.05) is 0 Å². The molecule has 1 heterocycles. The fraction of sp³-hybridized carbons (Fsp3) is 0.529. The number of fused-ring (bicyclic) bond motifs is 1. The zero-order chi connectivity index (χ0) is 19.5. The minimum atomic E-state index is -4.86. The number of rotatable bonds is 1. The van der Waals surface area contributed by atoms with Gasteiger partial charge < -0.3 is 5.43 Å². The zero-order valence-electron chi connectivity index (χ0n) is 13.9. The highest BCUT2D eigenvalue weighted by Crippen LogP contribution is 2.43. The van der Waals surface area contributed by atoms with Crippen LogP contribution >= 0.6 is 0 Å². The number of carbonyl (C=O) groups excluding carboxylic acids is 1. The quantitative estimate of drug-likeness (QED) is 0.736. The highest BCUT2D eigenvalue weighted by molar-refractivity contribution is 6.16. The van der Waals surface area contributed by atoms with Crippen LogP contribution in [0.15, 0.2) is 23.3 Å². The van der Waals surface area contributed by atoms with Gasteiger partial charge in [0.1, 0.15) is 5.78 Å². The monoisotopic (exact) mass is 378 g/mol. The standard InChI is InChI=1S/C17H16F6N2O/c1-15(2)6-11-13(12(26)7-15)14(25-24-11)9-5-8(16(18,19)20)3-4-10(9)17(21,22)23/h3-5,11,13,24H,6-7H2,1-2H3/t11-,13-/m0/s1. The fourth-order valence-electron chi connectivity index (χ4n) is 3.68. The molecule has 0 unspecified atom stereocenters. The lowest BCUT2D eigenvalue weighted by molar-refractivity contribution is -0.141. The molecule has 0 bridgehead atoms. The van der Waals surface area contributed by atoms with Crippen LogP contribution in [-0.2, 0) is 17.1 Å². The van der Waals surface area contributed by atoms with Gasteiger partial charge in [0.15, 0.2) is 0 Å². The number of ketones is 1. The van der Waals surface area contributed by atoms with E-state index >= 15 is 0 Å². The first kappa shape index (κ1) is 18.7. The Labute approximate surface area is 145 Å². The van der Waals surface area contributed by atoms with E-state index in [9.17, 15) is 31.1 Å². The van der Waals surface area contributed by atoms with Crippen molar-refractivity contribution in [3.63, 3.8) is 0 Å². The Morgan fingerprint density at radius 2 is 1.77 bits per heavy atom. The van der Waals surface area contributed by atoms with Gasteiger partial charge in [0.2, 0.25) is 0 Å². The predicted molar refractivity (Wildman–Crippen MR) is 81.4 cm³/mol. The summed E-state index contributed by atoms with van der Waals surface area (Å²) in [5.41, 5.74) is -1.11. The smallest absolute Gasteiger partial charge is 0.306 e. The predicted octanol–water partition coefficient (Wildman–Crippen LogP) is 4.41. The molecule has 1 saturated carbocycles. The third-order valence-electron chi connectivity index (χ3n) is 4.75. The zero-order valence-corrected chi connectivity index (χ0v) is 13.9. The van der Waals surface area contributed by atoms with E-state index in [2.05, 4.69) is 10.5 Å². The van der Waals surface area contributed by atoms with Crippen LogP contribution in [0.2, 0.25) is 0 Å².